The van der Waals surface area contributed by atoms with Crippen molar-refractivity contribution < 1.29 is 9.47 Å². The summed E-state index contributed by atoms with van der Waals surface area (Å²) in [6, 6.07) is 7.71. The largest absolute Gasteiger partial charge is 0.490 e. The van der Waals surface area contributed by atoms with Crippen LogP contribution in [0.3, 0.4) is 0 Å². The van der Waals surface area contributed by atoms with Gasteiger partial charge in [-0.15, -0.1) is 0 Å². The summed E-state index contributed by atoms with van der Waals surface area (Å²) in [7, 11) is 0. The number of benzene rings is 1. The lowest BCUT2D eigenvalue weighted by molar-refractivity contribution is -0.116. The number of hydrogen-bond donors (Lipinski definition) is 1. The Morgan fingerprint density at radius 2 is 2.16 bits per heavy atom. The fourth-order valence-corrected chi connectivity index (χ4v) is 4.19. The van der Waals surface area contributed by atoms with Crippen molar-refractivity contribution in [1.29, 1.82) is 0 Å². The number of rotatable bonds is 2. The zero-order valence-corrected chi connectivity index (χ0v) is 12.0. The Hall–Kier alpha value is -0.870. The van der Waals surface area contributed by atoms with E-state index in [0.29, 0.717) is 0 Å². The van der Waals surface area contributed by atoms with Crippen LogP contribution in [-0.2, 0) is 4.74 Å². The fraction of sp³-hybridized carbons (Fsp3) is 0.600. The van der Waals surface area contributed by atoms with Gasteiger partial charge in [-0.3, -0.25) is 0 Å². The van der Waals surface area contributed by atoms with Gasteiger partial charge in [0.1, 0.15) is 11.9 Å². The van der Waals surface area contributed by atoms with Gasteiger partial charge in [-0.2, -0.15) is 11.8 Å². The highest BCUT2D eigenvalue weighted by atomic mass is 32.2. The van der Waals surface area contributed by atoms with Crippen LogP contribution in [0.1, 0.15) is 25.7 Å². The lowest BCUT2D eigenvalue weighted by atomic mass is 9.86. The molecule has 104 valence electrons. The van der Waals surface area contributed by atoms with Gasteiger partial charge in [0.25, 0.3) is 0 Å². The molecule has 2 aliphatic rings. The van der Waals surface area contributed by atoms with Crippen LogP contribution in [0.25, 0.3) is 0 Å². The molecule has 0 amide bonds. The Morgan fingerprint density at radius 1 is 1.32 bits per heavy atom. The van der Waals surface area contributed by atoms with Gasteiger partial charge in [-0.05, 0) is 36.5 Å². The van der Waals surface area contributed by atoms with Crippen molar-refractivity contribution in [2.75, 3.05) is 23.8 Å². The smallest absolute Gasteiger partial charge is 0.121 e. The molecule has 1 atom stereocenters. The zero-order chi connectivity index (χ0) is 13.1. The van der Waals surface area contributed by atoms with E-state index in [-0.39, 0.29) is 11.7 Å². The molecule has 1 spiro atoms. The van der Waals surface area contributed by atoms with E-state index in [4.69, 9.17) is 15.2 Å². The average molecular weight is 279 g/mol. The lowest BCUT2D eigenvalue weighted by Crippen LogP contribution is -2.46. The molecule has 0 aliphatic carbocycles. The van der Waals surface area contributed by atoms with Gasteiger partial charge >= 0.3 is 0 Å². The molecule has 0 aromatic heterocycles. The molecular formula is C15H21NO2S. The molecule has 2 saturated heterocycles. The maximum absolute atomic E-state index is 6.10. The second-order valence-electron chi connectivity index (χ2n) is 5.45. The van der Waals surface area contributed by atoms with Gasteiger partial charge in [0.15, 0.2) is 0 Å². The van der Waals surface area contributed by atoms with Crippen molar-refractivity contribution >= 4 is 17.4 Å². The van der Waals surface area contributed by atoms with E-state index < -0.39 is 0 Å². The molecule has 2 aliphatic heterocycles. The summed E-state index contributed by atoms with van der Waals surface area (Å²) in [5, 5.41) is 0. The summed E-state index contributed by atoms with van der Waals surface area (Å²) in [6.45, 7) is 0.817. The zero-order valence-electron chi connectivity index (χ0n) is 11.1. The van der Waals surface area contributed by atoms with Crippen molar-refractivity contribution in [3.8, 4) is 5.75 Å². The number of ether oxygens (including phenoxy) is 2. The van der Waals surface area contributed by atoms with Gasteiger partial charge in [0, 0.05) is 24.6 Å². The first kappa shape index (κ1) is 13.1. The first-order valence-corrected chi connectivity index (χ1v) is 8.15. The molecule has 3 nitrogen and oxygen atoms in total. The van der Waals surface area contributed by atoms with Gasteiger partial charge in [0.05, 0.1) is 12.2 Å². The number of hydrogen-bond acceptors (Lipinski definition) is 4. The van der Waals surface area contributed by atoms with Crippen LogP contribution in [0.5, 0.6) is 5.75 Å². The SMILES string of the molecule is Nc1cccc(OC2CCOC3(CCSCC3)C2)c1. The predicted molar refractivity (Wildman–Crippen MR) is 79.7 cm³/mol. The molecule has 1 aromatic rings. The van der Waals surface area contributed by atoms with Crippen LogP contribution in [-0.4, -0.2) is 29.8 Å². The molecule has 2 N–H and O–H groups in total. The molecule has 3 rings (SSSR count). The maximum atomic E-state index is 6.10. The van der Waals surface area contributed by atoms with Crippen molar-refractivity contribution in [1.82, 2.24) is 0 Å². The van der Waals surface area contributed by atoms with Crippen molar-refractivity contribution in [3.05, 3.63) is 24.3 Å². The van der Waals surface area contributed by atoms with E-state index in [1.54, 1.807) is 0 Å². The topological polar surface area (TPSA) is 44.5 Å². The average Bonchev–Trinajstić information content (AvgIpc) is 2.40. The Kier molecular flexibility index (Phi) is 3.89. The van der Waals surface area contributed by atoms with Crippen LogP contribution in [0.2, 0.25) is 0 Å². The van der Waals surface area contributed by atoms with Gasteiger partial charge in [0.2, 0.25) is 0 Å². The minimum absolute atomic E-state index is 0.0779. The van der Waals surface area contributed by atoms with Crippen LogP contribution < -0.4 is 10.5 Å². The minimum Gasteiger partial charge on any atom is -0.490 e. The Bertz CT molecular complexity index is 426. The Labute approximate surface area is 118 Å². The molecule has 0 bridgehead atoms. The third-order valence-corrected chi connectivity index (χ3v) is 5.00. The summed E-state index contributed by atoms with van der Waals surface area (Å²) in [5.41, 5.74) is 6.63. The van der Waals surface area contributed by atoms with Gasteiger partial charge < -0.3 is 15.2 Å². The Balaban J connectivity index is 1.65. The fourth-order valence-electron chi connectivity index (χ4n) is 2.96. The number of nitrogen functional groups attached to an aromatic ring is 1. The van der Waals surface area contributed by atoms with E-state index in [1.807, 2.05) is 36.0 Å². The third-order valence-electron chi connectivity index (χ3n) is 4.01. The van der Waals surface area contributed by atoms with Crippen molar-refractivity contribution in [2.24, 2.45) is 0 Å². The molecule has 0 saturated carbocycles. The predicted octanol–water partition coefficient (Wildman–Crippen LogP) is 3.09. The highest BCUT2D eigenvalue weighted by Crippen LogP contribution is 2.38. The molecule has 4 heteroatoms. The minimum atomic E-state index is 0.0779. The molecule has 0 radical (unpaired) electrons. The normalized spacial score (nSPS) is 26.2. The number of thioether (sulfide) groups is 1. The molecule has 2 fully saturated rings. The number of nitrogens with two attached hydrogens (primary N) is 1. The quantitative estimate of drug-likeness (QED) is 0.845. The second kappa shape index (κ2) is 5.63. The van der Waals surface area contributed by atoms with E-state index in [9.17, 15) is 0 Å². The summed E-state index contributed by atoms with van der Waals surface area (Å²) >= 11 is 2.03. The summed E-state index contributed by atoms with van der Waals surface area (Å²) < 4.78 is 12.2. The molecule has 2 heterocycles. The molecule has 19 heavy (non-hydrogen) atoms. The van der Waals surface area contributed by atoms with Crippen molar-refractivity contribution in [3.63, 3.8) is 0 Å². The highest BCUT2D eigenvalue weighted by molar-refractivity contribution is 7.99. The Morgan fingerprint density at radius 3 is 2.95 bits per heavy atom. The van der Waals surface area contributed by atoms with E-state index in [1.165, 1.54) is 11.5 Å². The van der Waals surface area contributed by atoms with Crippen LogP contribution in [0.15, 0.2) is 24.3 Å². The lowest BCUT2D eigenvalue weighted by Gasteiger charge is -2.43. The van der Waals surface area contributed by atoms with Crippen molar-refractivity contribution in [2.45, 2.75) is 37.4 Å². The van der Waals surface area contributed by atoms with Crippen LogP contribution in [0.4, 0.5) is 5.69 Å². The highest BCUT2D eigenvalue weighted by Gasteiger charge is 2.39. The summed E-state index contributed by atoms with van der Waals surface area (Å²) in [4.78, 5) is 0. The van der Waals surface area contributed by atoms with Crippen LogP contribution >= 0.6 is 11.8 Å². The van der Waals surface area contributed by atoms with E-state index in [2.05, 4.69) is 0 Å². The molecule has 1 aromatic carbocycles. The molecule has 1 unspecified atom stereocenters. The standard InChI is InChI=1S/C15H21NO2S/c16-12-2-1-3-13(10-12)18-14-4-7-17-15(11-14)5-8-19-9-6-15/h1-3,10,14H,4-9,11,16H2. The summed E-state index contributed by atoms with van der Waals surface area (Å²) in [5.74, 6) is 3.31. The van der Waals surface area contributed by atoms with E-state index in [0.717, 1.165) is 43.7 Å². The number of anilines is 1. The van der Waals surface area contributed by atoms with Gasteiger partial charge in [-0.1, -0.05) is 6.07 Å². The second-order valence-corrected chi connectivity index (χ2v) is 6.67. The molecular weight excluding hydrogens is 258 g/mol. The first-order chi connectivity index (χ1) is 9.26. The summed E-state index contributed by atoms with van der Waals surface area (Å²) in [6.07, 6.45) is 4.58. The van der Waals surface area contributed by atoms with Crippen LogP contribution in [0, 0.1) is 0 Å². The first-order valence-electron chi connectivity index (χ1n) is 7.00. The third kappa shape index (κ3) is 3.18. The maximum Gasteiger partial charge on any atom is 0.121 e. The van der Waals surface area contributed by atoms with Gasteiger partial charge in [-0.25, -0.2) is 0 Å². The van der Waals surface area contributed by atoms with E-state index >= 15 is 0 Å². The monoisotopic (exact) mass is 279 g/mol.